The minimum Gasteiger partial charge on any atom is -0.356 e. The fourth-order valence-electron chi connectivity index (χ4n) is 8.90. The molecule has 0 amide bonds. The molecule has 8 atom stereocenters. The topological polar surface area (TPSA) is 85.1 Å². The average molecular weight is 423 g/mol. The minimum absolute atomic E-state index is 0.0220. The fraction of sp³-hybridized carbons (Fsp3) is 1.00. The van der Waals surface area contributed by atoms with E-state index in [0.717, 1.165) is 44.9 Å². The highest BCUT2D eigenvalue weighted by Gasteiger charge is 2.70. The Balaban J connectivity index is 1.39. The van der Waals surface area contributed by atoms with E-state index in [1.54, 1.807) is 5.06 Å². The Hall–Kier alpha value is -0.920. The van der Waals surface area contributed by atoms with Crippen molar-refractivity contribution in [3.63, 3.8) is 0 Å². The lowest BCUT2D eigenvalue weighted by Crippen LogP contribution is -2.62. The molecule has 1 aliphatic heterocycles. The van der Waals surface area contributed by atoms with Gasteiger partial charge in [-0.05, 0) is 101 Å². The van der Waals surface area contributed by atoms with Gasteiger partial charge in [0.15, 0.2) is 0 Å². The lowest BCUT2D eigenvalue weighted by Gasteiger charge is -2.62. The van der Waals surface area contributed by atoms with Gasteiger partial charge in [-0.25, -0.2) is 0 Å². The molecule has 1 spiro atoms. The molecular weight excluding hydrogens is 384 g/mol. The van der Waals surface area contributed by atoms with Crippen molar-refractivity contribution in [2.75, 3.05) is 6.61 Å². The smallest absolute Gasteiger partial charge is 0.294 e. The van der Waals surface area contributed by atoms with Gasteiger partial charge in [0.1, 0.15) is 11.8 Å². The average Bonchev–Trinajstić information content (AvgIpc) is 3.11. The van der Waals surface area contributed by atoms with Crippen molar-refractivity contribution in [3.8, 4) is 0 Å². The maximum Gasteiger partial charge on any atom is 0.294 e. The lowest BCUT2D eigenvalue weighted by molar-refractivity contribution is -0.770. The van der Waals surface area contributed by atoms with E-state index in [1.807, 2.05) is 0 Å². The summed E-state index contributed by atoms with van der Waals surface area (Å²) in [5.74, 6) is 2.43. The van der Waals surface area contributed by atoms with Gasteiger partial charge < -0.3 is 14.8 Å². The summed E-state index contributed by atoms with van der Waals surface area (Å²) < 4.78 is 6.46. The number of nitrogens with zero attached hydrogens (tertiary/aromatic N) is 2. The van der Waals surface area contributed by atoms with Crippen LogP contribution in [-0.2, 0) is 9.57 Å². The van der Waals surface area contributed by atoms with E-state index in [9.17, 15) is 15.3 Å². The molecule has 0 bridgehead atoms. The van der Waals surface area contributed by atoms with Crippen LogP contribution in [0.2, 0.25) is 0 Å². The number of ether oxygens (including phenoxy) is 1. The highest BCUT2D eigenvalue weighted by molar-refractivity contribution is 5.16. The molecule has 5 aliphatic rings. The monoisotopic (exact) mass is 422 g/mol. The predicted molar refractivity (Wildman–Crippen MR) is 110 cm³/mol. The normalized spacial score (nSPS) is 52.5. The second kappa shape index (κ2) is 6.55. The van der Waals surface area contributed by atoms with Crippen molar-refractivity contribution in [1.29, 1.82) is 0 Å². The van der Waals surface area contributed by atoms with Crippen molar-refractivity contribution in [2.45, 2.75) is 103 Å². The van der Waals surface area contributed by atoms with Crippen LogP contribution < -0.4 is 0 Å². The summed E-state index contributed by atoms with van der Waals surface area (Å²) in [7, 11) is 0. The molecule has 30 heavy (non-hydrogen) atoms. The first-order chi connectivity index (χ1) is 14.0. The van der Waals surface area contributed by atoms with Crippen LogP contribution >= 0.6 is 0 Å². The molecule has 5 rings (SSSR count). The summed E-state index contributed by atoms with van der Waals surface area (Å²) in [5, 5.41) is 23.0. The third-order valence-electron chi connectivity index (χ3n) is 10.5. The van der Waals surface area contributed by atoms with E-state index in [1.165, 1.54) is 12.8 Å². The maximum absolute atomic E-state index is 11.2. The Labute approximate surface area is 179 Å². The van der Waals surface area contributed by atoms with Gasteiger partial charge in [0.05, 0.1) is 12.1 Å². The molecule has 7 nitrogen and oxygen atoms in total. The van der Waals surface area contributed by atoms with Crippen molar-refractivity contribution >= 4 is 0 Å². The van der Waals surface area contributed by atoms with E-state index in [-0.39, 0.29) is 22.5 Å². The number of rotatable bonds is 2. The molecule has 1 N–H and O–H groups in total. The minimum atomic E-state index is -0.604. The summed E-state index contributed by atoms with van der Waals surface area (Å²) in [6, 6.07) is 0. The largest absolute Gasteiger partial charge is 0.356 e. The number of hydroxylamine groups is 2. The third kappa shape index (κ3) is 2.61. The van der Waals surface area contributed by atoms with E-state index in [4.69, 9.17) is 9.57 Å². The summed E-state index contributed by atoms with van der Waals surface area (Å²) in [6.45, 7) is 9.56. The zero-order valence-electron chi connectivity index (χ0n) is 18.9. The van der Waals surface area contributed by atoms with Gasteiger partial charge in [-0.15, -0.1) is 10.1 Å². The zero-order valence-corrected chi connectivity index (χ0v) is 18.9. The van der Waals surface area contributed by atoms with Crippen LogP contribution in [0.25, 0.3) is 0 Å². The van der Waals surface area contributed by atoms with E-state index in [2.05, 4.69) is 27.7 Å². The van der Waals surface area contributed by atoms with E-state index < -0.39 is 10.8 Å². The second-order valence-electron chi connectivity index (χ2n) is 12.1. The predicted octanol–water partition coefficient (Wildman–Crippen LogP) is 4.80. The maximum atomic E-state index is 11.2. The molecule has 4 saturated carbocycles. The Morgan fingerprint density at radius 2 is 1.77 bits per heavy atom. The molecule has 7 heteroatoms. The van der Waals surface area contributed by atoms with E-state index >= 15 is 0 Å². The van der Waals surface area contributed by atoms with Crippen LogP contribution in [0.4, 0.5) is 0 Å². The Morgan fingerprint density at radius 3 is 2.43 bits per heavy atom. The van der Waals surface area contributed by atoms with Gasteiger partial charge in [-0.3, -0.25) is 0 Å². The summed E-state index contributed by atoms with van der Waals surface area (Å²) in [4.78, 5) is 15.8. The van der Waals surface area contributed by atoms with Gasteiger partial charge >= 0.3 is 0 Å². The summed E-state index contributed by atoms with van der Waals surface area (Å²) >= 11 is 0. The summed E-state index contributed by atoms with van der Waals surface area (Å²) in [6.07, 6.45) is 9.06. The second-order valence-corrected chi connectivity index (χ2v) is 12.1. The molecule has 5 fully saturated rings. The quantitative estimate of drug-likeness (QED) is 0.508. The first kappa shape index (κ1) is 21.0. The molecular formula is C23H38N2O5. The van der Waals surface area contributed by atoms with Crippen molar-refractivity contribution in [2.24, 2.45) is 34.5 Å². The Bertz CT molecular complexity index is 730. The molecule has 0 aromatic heterocycles. The molecule has 0 aromatic carbocycles. The van der Waals surface area contributed by atoms with Crippen LogP contribution in [-0.4, -0.2) is 39.3 Å². The molecule has 1 saturated heterocycles. The lowest BCUT2D eigenvalue weighted by atomic mass is 9.44. The van der Waals surface area contributed by atoms with Gasteiger partial charge in [0, 0.05) is 5.41 Å². The summed E-state index contributed by atoms with van der Waals surface area (Å²) in [5.41, 5.74) is -0.647. The number of hydrogen-bond donors (Lipinski definition) is 1. The van der Waals surface area contributed by atoms with Crippen LogP contribution in [0, 0.1) is 44.6 Å². The standard InChI is InChI=1S/C23H38N2O5/c1-20(2)14-29-23(24(20)26)12-9-19-17-6-5-15-13-16(30-25(27)28)7-10-21(15,3)18(17)8-11-22(19,23)4/h15-19,26H,5-14H2,1-4H3. The van der Waals surface area contributed by atoms with Crippen LogP contribution in [0.15, 0.2) is 0 Å². The molecule has 1 heterocycles. The fourth-order valence-corrected chi connectivity index (χ4v) is 8.90. The zero-order chi connectivity index (χ0) is 21.5. The van der Waals surface area contributed by atoms with Crippen molar-refractivity contribution in [3.05, 3.63) is 10.1 Å². The highest BCUT2D eigenvalue weighted by Crippen LogP contribution is 2.70. The van der Waals surface area contributed by atoms with Gasteiger partial charge in [-0.2, -0.15) is 5.06 Å². The van der Waals surface area contributed by atoms with Gasteiger partial charge in [0.2, 0.25) is 0 Å². The van der Waals surface area contributed by atoms with Crippen LogP contribution in [0.5, 0.6) is 0 Å². The van der Waals surface area contributed by atoms with Crippen molar-refractivity contribution in [1.82, 2.24) is 5.06 Å². The van der Waals surface area contributed by atoms with Crippen LogP contribution in [0.3, 0.4) is 0 Å². The molecule has 170 valence electrons. The molecule has 0 aromatic rings. The number of hydrogen-bond acceptors (Lipinski definition) is 6. The van der Waals surface area contributed by atoms with Crippen molar-refractivity contribution < 1.29 is 19.9 Å². The van der Waals surface area contributed by atoms with E-state index in [0.29, 0.717) is 30.3 Å². The first-order valence-corrected chi connectivity index (χ1v) is 12.0. The Morgan fingerprint density at radius 1 is 1.03 bits per heavy atom. The Kier molecular flexibility index (Phi) is 4.57. The van der Waals surface area contributed by atoms with Gasteiger partial charge in [-0.1, -0.05) is 13.8 Å². The SMILES string of the molecule is CC12CCC(O[N+](=O)[O-])CC1CCC1C2CCC2(C)C1CCC21OCC(C)(C)N1O. The number of fused-ring (bicyclic) bond motifs is 6. The first-order valence-electron chi connectivity index (χ1n) is 12.0. The molecule has 4 aliphatic carbocycles. The molecule has 8 unspecified atom stereocenters. The third-order valence-corrected chi connectivity index (χ3v) is 10.5. The highest BCUT2D eigenvalue weighted by atomic mass is 17.0. The van der Waals surface area contributed by atoms with Gasteiger partial charge in [0.25, 0.3) is 5.09 Å². The van der Waals surface area contributed by atoms with Crippen LogP contribution in [0.1, 0.15) is 85.5 Å². The molecule has 0 radical (unpaired) electrons.